The molecule has 0 bridgehead atoms. The number of ether oxygens (including phenoxy) is 1. The molecule has 0 radical (unpaired) electrons. The Morgan fingerprint density at radius 1 is 1.26 bits per heavy atom. The fourth-order valence-corrected chi connectivity index (χ4v) is 1.63. The summed E-state index contributed by atoms with van der Waals surface area (Å²) in [6, 6.07) is 6.69. The molecule has 1 heterocycles. The lowest BCUT2D eigenvalue weighted by molar-refractivity contribution is -0.140. The minimum Gasteiger partial charge on any atom is -0.468 e. The molecule has 0 atom stereocenters. The molecular formula is C13H12N2O4. The van der Waals surface area contributed by atoms with Crippen LogP contribution >= 0.6 is 0 Å². The number of esters is 1. The van der Waals surface area contributed by atoms with E-state index >= 15 is 0 Å². The smallest absolute Gasteiger partial charge is 0.325 e. The molecule has 0 saturated heterocycles. The van der Waals surface area contributed by atoms with Gasteiger partial charge in [0.05, 0.1) is 7.11 Å². The first-order valence-corrected chi connectivity index (χ1v) is 5.58. The number of fused-ring (bicyclic) bond motifs is 1. The molecule has 0 fully saturated rings. The fourth-order valence-electron chi connectivity index (χ4n) is 1.63. The summed E-state index contributed by atoms with van der Waals surface area (Å²) in [6.45, 7) is -0.326. The highest BCUT2D eigenvalue weighted by molar-refractivity contribution is 6.43. The van der Waals surface area contributed by atoms with Gasteiger partial charge in [-0.05, 0) is 24.3 Å². The molecule has 0 saturated carbocycles. The minimum atomic E-state index is -0.833. The summed E-state index contributed by atoms with van der Waals surface area (Å²) in [4.78, 5) is 37.3. The van der Waals surface area contributed by atoms with Crippen LogP contribution < -0.4 is 5.32 Å². The van der Waals surface area contributed by atoms with Crippen molar-refractivity contribution in [2.45, 2.75) is 0 Å². The molecule has 1 aromatic carbocycles. The number of aromatic amines is 1. The molecule has 6 nitrogen and oxygen atoms in total. The second-order valence-electron chi connectivity index (χ2n) is 3.87. The molecule has 6 heteroatoms. The van der Waals surface area contributed by atoms with Crippen molar-refractivity contribution >= 4 is 28.6 Å². The predicted molar refractivity (Wildman–Crippen MR) is 67.7 cm³/mol. The molecule has 0 aliphatic rings. The van der Waals surface area contributed by atoms with Crippen LogP contribution in [0.2, 0.25) is 0 Å². The van der Waals surface area contributed by atoms with Gasteiger partial charge in [0.2, 0.25) is 5.78 Å². The summed E-state index contributed by atoms with van der Waals surface area (Å²) in [5.74, 6) is -2.13. The maximum Gasteiger partial charge on any atom is 0.325 e. The summed E-state index contributed by atoms with van der Waals surface area (Å²) in [7, 11) is 1.20. The monoisotopic (exact) mass is 260 g/mol. The van der Waals surface area contributed by atoms with Crippen molar-refractivity contribution in [3.63, 3.8) is 0 Å². The van der Waals surface area contributed by atoms with E-state index < -0.39 is 17.7 Å². The number of hydrogen-bond acceptors (Lipinski definition) is 4. The molecule has 0 aliphatic carbocycles. The van der Waals surface area contributed by atoms with E-state index in [2.05, 4.69) is 15.0 Å². The maximum absolute atomic E-state index is 11.8. The first kappa shape index (κ1) is 12.8. The molecule has 0 aliphatic heterocycles. The molecule has 2 N–H and O–H groups in total. The van der Waals surface area contributed by atoms with Crippen molar-refractivity contribution in [1.82, 2.24) is 10.3 Å². The van der Waals surface area contributed by atoms with Crippen LogP contribution in [0.1, 0.15) is 10.4 Å². The van der Waals surface area contributed by atoms with E-state index in [1.807, 2.05) is 0 Å². The Morgan fingerprint density at radius 2 is 2.05 bits per heavy atom. The van der Waals surface area contributed by atoms with Crippen LogP contribution in [0.4, 0.5) is 0 Å². The zero-order chi connectivity index (χ0) is 13.8. The van der Waals surface area contributed by atoms with Gasteiger partial charge in [-0.1, -0.05) is 0 Å². The number of benzene rings is 1. The van der Waals surface area contributed by atoms with Gasteiger partial charge in [-0.15, -0.1) is 0 Å². The normalized spacial score (nSPS) is 10.2. The quantitative estimate of drug-likeness (QED) is 0.479. The number of H-pyrrole nitrogens is 1. The third-order valence-electron chi connectivity index (χ3n) is 2.64. The van der Waals surface area contributed by atoms with E-state index in [1.165, 1.54) is 7.11 Å². The Kier molecular flexibility index (Phi) is 3.61. The van der Waals surface area contributed by atoms with Crippen molar-refractivity contribution in [2.75, 3.05) is 13.7 Å². The van der Waals surface area contributed by atoms with Crippen molar-refractivity contribution in [2.24, 2.45) is 0 Å². The highest BCUT2D eigenvalue weighted by atomic mass is 16.5. The van der Waals surface area contributed by atoms with E-state index in [0.717, 1.165) is 10.9 Å². The van der Waals surface area contributed by atoms with Gasteiger partial charge in [0.15, 0.2) is 0 Å². The lowest BCUT2D eigenvalue weighted by Gasteiger charge is -2.03. The Labute approximate surface area is 108 Å². The van der Waals surface area contributed by atoms with Crippen molar-refractivity contribution < 1.29 is 19.1 Å². The zero-order valence-electron chi connectivity index (χ0n) is 10.2. The van der Waals surface area contributed by atoms with Crippen molar-refractivity contribution in [1.29, 1.82) is 0 Å². The first-order valence-electron chi connectivity index (χ1n) is 5.58. The largest absolute Gasteiger partial charge is 0.468 e. The van der Waals surface area contributed by atoms with Crippen LogP contribution in [0.3, 0.4) is 0 Å². The predicted octanol–water partition coefficient (Wildman–Crippen LogP) is 0.640. The van der Waals surface area contributed by atoms with E-state index in [1.54, 1.807) is 30.5 Å². The topological polar surface area (TPSA) is 88.3 Å². The van der Waals surface area contributed by atoms with Gasteiger partial charge in [-0.3, -0.25) is 14.4 Å². The number of carbonyl (C=O) groups excluding carboxylic acids is 3. The average Bonchev–Trinajstić information content (AvgIpc) is 2.90. The number of nitrogens with one attached hydrogen (secondary N) is 2. The molecule has 98 valence electrons. The summed E-state index contributed by atoms with van der Waals surface area (Å²) in [5, 5.41) is 3.04. The van der Waals surface area contributed by atoms with Gasteiger partial charge in [0.25, 0.3) is 5.91 Å². The standard InChI is InChI=1S/C13H12N2O4/c1-19-11(16)7-15-13(18)12(17)9-2-3-10-8(6-9)4-5-14-10/h2-6,14H,7H2,1H3,(H,15,18). The molecule has 0 spiro atoms. The van der Waals surface area contributed by atoms with Crippen molar-refractivity contribution in [3.8, 4) is 0 Å². The number of ketones is 1. The van der Waals surface area contributed by atoms with E-state index in [-0.39, 0.29) is 12.1 Å². The number of aromatic nitrogens is 1. The molecule has 1 aromatic heterocycles. The summed E-state index contributed by atoms with van der Waals surface area (Å²) in [6.07, 6.45) is 1.75. The minimum absolute atomic E-state index is 0.273. The lowest BCUT2D eigenvalue weighted by Crippen LogP contribution is -2.35. The summed E-state index contributed by atoms with van der Waals surface area (Å²) in [5.41, 5.74) is 1.15. The van der Waals surface area contributed by atoms with Crippen LogP contribution in [0.5, 0.6) is 0 Å². The van der Waals surface area contributed by atoms with Gasteiger partial charge in [-0.2, -0.15) is 0 Å². The molecule has 2 aromatic rings. The third-order valence-corrected chi connectivity index (χ3v) is 2.64. The van der Waals surface area contributed by atoms with E-state index in [0.29, 0.717) is 0 Å². The number of Topliss-reactive ketones (excluding diaryl/α,β-unsaturated/α-hetero) is 1. The molecule has 19 heavy (non-hydrogen) atoms. The van der Waals surface area contributed by atoms with Crippen LogP contribution in [-0.2, 0) is 14.3 Å². The Hall–Kier alpha value is -2.63. The highest BCUT2D eigenvalue weighted by Gasteiger charge is 2.17. The van der Waals surface area contributed by atoms with Crippen molar-refractivity contribution in [3.05, 3.63) is 36.0 Å². The Balaban J connectivity index is 2.09. The van der Waals surface area contributed by atoms with Gasteiger partial charge in [0.1, 0.15) is 6.54 Å². The molecule has 1 amide bonds. The van der Waals surface area contributed by atoms with Crippen LogP contribution in [0, 0.1) is 0 Å². The number of methoxy groups -OCH3 is 1. The van der Waals surface area contributed by atoms with Gasteiger partial charge >= 0.3 is 5.97 Å². The van der Waals surface area contributed by atoms with Gasteiger partial charge < -0.3 is 15.0 Å². The first-order chi connectivity index (χ1) is 9.11. The second kappa shape index (κ2) is 5.34. The van der Waals surface area contributed by atoms with Gasteiger partial charge in [0, 0.05) is 22.7 Å². The van der Waals surface area contributed by atoms with Gasteiger partial charge in [-0.25, -0.2) is 0 Å². The fraction of sp³-hybridized carbons (Fsp3) is 0.154. The summed E-state index contributed by atoms with van der Waals surface area (Å²) < 4.78 is 4.36. The molecular weight excluding hydrogens is 248 g/mol. The SMILES string of the molecule is COC(=O)CNC(=O)C(=O)c1ccc2[nH]ccc2c1. The van der Waals surface area contributed by atoms with Crippen LogP contribution in [-0.4, -0.2) is 36.3 Å². The Morgan fingerprint density at radius 3 is 2.79 bits per heavy atom. The molecule has 2 rings (SSSR count). The lowest BCUT2D eigenvalue weighted by atomic mass is 10.1. The maximum atomic E-state index is 11.8. The second-order valence-corrected chi connectivity index (χ2v) is 3.87. The average molecular weight is 260 g/mol. The zero-order valence-corrected chi connectivity index (χ0v) is 10.2. The third kappa shape index (κ3) is 2.79. The number of rotatable bonds is 4. The molecule has 0 unspecified atom stereocenters. The number of carbonyl (C=O) groups is 3. The van der Waals surface area contributed by atoms with E-state index in [9.17, 15) is 14.4 Å². The van der Waals surface area contributed by atoms with Crippen LogP contribution in [0.25, 0.3) is 10.9 Å². The summed E-state index contributed by atoms with van der Waals surface area (Å²) >= 11 is 0. The number of hydrogen-bond donors (Lipinski definition) is 2. The van der Waals surface area contributed by atoms with E-state index in [4.69, 9.17) is 0 Å². The Bertz CT molecular complexity index is 645. The number of amides is 1. The van der Waals surface area contributed by atoms with Crippen LogP contribution in [0.15, 0.2) is 30.5 Å². The highest BCUT2D eigenvalue weighted by Crippen LogP contribution is 2.14.